The molecule has 3 rings (SSSR count). The van der Waals surface area contributed by atoms with Gasteiger partial charge in [-0.15, -0.1) is 11.3 Å². The summed E-state index contributed by atoms with van der Waals surface area (Å²) < 4.78 is 5.67. The molecule has 1 aromatic carbocycles. The highest BCUT2D eigenvalue weighted by molar-refractivity contribution is 7.12. The number of hydrogen-bond donors (Lipinski definition) is 1. The second kappa shape index (κ2) is 6.87. The van der Waals surface area contributed by atoms with Crippen molar-refractivity contribution in [1.82, 2.24) is 4.98 Å². The van der Waals surface area contributed by atoms with E-state index in [0.29, 0.717) is 11.5 Å². The van der Waals surface area contributed by atoms with Gasteiger partial charge in [0.05, 0.1) is 4.88 Å². The highest BCUT2D eigenvalue weighted by atomic mass is 32.1. The Kier molecular flexibility index (Phi) is 4.46. The molecule has 0 aliphatic carbocycles. The predicted molar refractivity (Wildman–Crippen MR) is 87.3 cm³/mol. The summed E-state index contributed by atoms with van der Waals surface area (Å²) in [5, 5.41) is 4.77. The van der Waals surface area contributed by atoms with Crippen LogP contribution in [0.2, 0.25) is 0 Å². The maximum absolute atomic E-state index is 12.1. The quantitative estimate of drug-likeness (QED) is 0.775. The van der Waals surface area contributed by atoms with Crippen LogP contribution in [0.3, 0.4) is 0 Å². The summed E-state index contributed by atoms with van der Waals surface area (Å²) in [5.41, 5.74) is 1.71. The zero-order valence-electron chi connectivity index (χ0n) is 11.7. The molecule has 0 aliphatic heterocycles. The van der Waals surface area contributed by atoms with E-state index in [4.69, 9.17) is 4.74 Å². The van der Waals surface area contributed by atoms with Crippen LogP contribution in [0.5, 0.6) is 5.75 Å². The summed E-state index contributed by atoms with van der Waals surface area (Å²) in [6, 6.07) is 15.0. The average molecular weight is 310 g/mol. The maximum atomic E-state index is 12.1. The van der Waals surface area contributed by atoms with E-state index >= 15 is 0 Å². The first-order valence-corrected chi connectivity index (χ1v) is 7.66. The second-order valence-electron chi connectivity index (χ2n) is 4.61. The minimum Gasteiger partial charge on any atom is -0.489 e. The van der Waals surface area contributed by atoms with Gasteiger partial charge in [-0.1, -0.05) is 18.2 Å². The van der Waals surface area contributed by atoms with Crippen LogP contribution < -0.4 is 10.1 Å². The van der Waals surface area contributed by atoms with Crippen molar-refractivity contribution in [3.63, 3.8) is 0 Å². The van der Waals surface area contributed by atoms with Crippen LogP contribution in [0.25, 0.3) is 0 Å². The predicted octanol–water partition coefficient (Wildman–Crippen LogP) is 3.97. The zero-order chi connectivity index (χ0) is 15.2. The number of benzene rings is 1. The fourth-order valence-corrected chi connectivity index (χ4v) is 2.67. The second-order valence-corrected chi connectivity index (χ2v) is 5.52. The summed E-state index contributed by atoms with van der Waals surface area (Å²) in [5.74, 6) is 0.693. The van der Waals surface area contributed by atoms with Crippen molar-refractivity contribution in [3.8, 4) is 5.75 Å². The van der Waals surface area contributed by atoms with Crippen LogP contribution in [0.1, 0.15) is 15.2 Å². The van der Waals surface area contributed by atoms with E-state index in [-0.39, 0.29) is 5.91 Å². The van der Waals surface area contributed by atoms with Crippen LogP contribution in [0, 0.1) is 0 Å². The molecule has 3 aromatic rings. The third-order valence-corrected chi connectivity index (χ3v) is 3.94. The van der Waals surface area contributed by atoms with E-state index < -0.39 is 0 Å². The number of amides is 1. The molecule has 0 spiro atoms. The first-order valence-electron chi connectivity index (χ1n) is 6.78. The van der Waals surface area contributed by atoms with E-state index in [0.717, 1.165) is 17.0 Å². The fraction of sp³-hybridized carbons (Fsp3) is 0.0588. The molecule has 2 aromatic heterocycles. The van der Waals surface area contributed by atoms with Gasteiger partial charge in [0.2, 0.25) is 0 Å². The Labute approximate surface area is 132 Å². The summed E-state index contributed by atoms with van der Waals surface area (Å²) in [6.45, 7) is 0.447. The van der Waals surface area contributed by atoms with Gasteiger partial charge in [0, 0.05) is 23.6 Å². The number of ether oxygens (including phenoxy) is 1. The van der Waals surface area contributed by atoms with Crippen molar-refractivity contribution in [2.45, 2.75) is 6.61 Å². The normalized spacial score (nSPS) is 10.2. The Morgan fingerprint density at radius 3 is 2.68 bits per heavy atom. The standard InChI is InChI=1S/C17H14N2O2S/c20-17(19-14-6-8-18-9-7-14)16-10-13(12-22-16)11-21-15-4-2-1-3-5-15/h1-10,12H,11H2,(H,18,19,20). The first kappa shape index (κ1) is 14.3. The van der Waals surface area contributed by atoms with Crippen LogP contribution >= 0.6 is 11.3 Å². The molecule has 0 radical (unpaired) electrons. The smallest absolute Gasteiger partial charge is 0.265 e. The van der Waals surface area contributed by atoms with E-state index in [9.17, 15) is 4.79 Å². The van der Waals surface area contributed by atoms with Crippen molar-refractivity contribution in [2.24, 2.45) is 0 Å². The number of carbonyl (C=O) groups is 1. The number of nitrogens with zero attached hydrogens (tertiary/aromatic N) is 1. The van der Waals surface area contributed by atoms with Crippen LogP contribution in [-0.2, 0) is 6.61 Å². The highest BCUT2D eigenvalue weighted by Crippen LogP contribution is 2.19. The van der Waals surface area contributed by atoms with Crippen molar-refractivity contribution in [1.29, 1.82) is 0 Å². The number of pyridine rings is 1. The lowest BCUT2D eigenvalue weighted by atomic mass is 10.3. The van der Waals surface area contributed by atoms with Gasteiger partial charge in [-0.3, -0.25) is 9.78 Å². The fourth-order valence-electron chi connectivity index (χ4n) is 1.88. The Balaban J connectivity index is 1.60. The van der Waals surface area contributed by atoms with Crippen molar-refractivity contribution in [2.75, 3.05) is 5.32 Å². The zero-order valence-corrected chi connectivity index (χ0v) is 12.5. The molecule has 0 saturated carbocycles. The molecule has 22 heavy (non-hydrogen) atoms. The number of para-hydroxylation sites is 1. The van der Waals surface area contributed by atoms with Gasteiger partial charge in [-0.2, -0.15) is 0 Å². The van der Waals surface area contributed by atoms with Gasteiger partial charge < -0.3 is 10.1 Å². The Morgan fingerprint density at radius 2 is 1.91 bits per heavy atom. The molecule has 0 atom stereocenters. The number of carbonyl (C=O) groups excluding carboxylic acids is 1. The summed E-state index contributed by atoms with van der Waals surface area (Å²) in [6.07, 6.45) is 3.28. The lowest BCUT2D eigenvalue weighted by Gasteiger charge is -2.04. The lowest BCUT2D eigenvalue weighted by Crippen LogP contribution is -2.10. The van der Waals surface area contributed by atoms with Crippen LogP contribution in [0.15, 0.2) is 66.3 Å². The topological polar surface area (TPSA) is 51.2 Å². The highest BCUT2D eigenvalue weighted by Gasteiger charge is 2.09. The third-order valence-electron chi connectivity index (χ3n) is 2.96. The van der Waals surface area contributed by atoms with Crippen molar-refractivity contribution in [3.05, 3.63) is 76.7 Å². The Bertz CT molecular complexity index is 742. The minimum atomic E-state index is -0.123. The molecule has 0 unspecified atom stereocenters. The minimum absolute atomic E-state index is 0.123. The largest absolute Gasteiger partial charge is 0.489 e. The number of nitrogens with one attached hydrogen (secondary N) is 1. The SMILES string of the molecule is O=C(Nc1ccncc1)c1cc(COc2ccccc2)cs1. The summed E-state index contributed by atoms with van der Waals surface area (Å²) >= 11 is 1.40. The molecule has 2 heterocycles. The maximum Gasteiger partial charge on any atom is 0.265 e. The number of aromatic nitrogens is 1. The number of hydrogen-bond acceptors (Lipinski definition) is 4. The monoisotopic (exact) mass is 310 g/mol. The molecule has 5 heteroatoms. The molecular weight excluding hydrogens is 296 g/mol. The van der Waals surface area contributed by atoms with Crippen molar-refractivity contribution >= 4 is 22.9 Å². The molecular formula is C17H14N2O2S. The molecule has 0 saturated heterocycles. The summed E-state index contributed by atoms with van der Waals surface area (Å²) in [4.78, 5) is 16.7. The van der Waals surface area contributed by atoms with Gasteiger partial charge in [0.25, 0.3) is 5.91 Å². The summed E-state index contributed by atoms with van der Waals surface area (Å²) in [7, 11) is 0. The number of thiophene rings is 1. The molecule has 1 amide bonds. The van der Waals surface area contributed by atoms with Gasteiger partial charge in [0.15, 0.2) is 0 Å². The molecule has 1 N–H and O–H groups in total. The number of anilines is 1. The van der Waals surface area contributed by atoms with E-state index in [1.54, 1.807) is 24.5 Å². The van der Waals surface area contributed by atoms with E-state index in [1.807, 2.05) is 41.8 Å². The molecule has 0 fully saturated rings. The average Bonchev–Trinajstić information content (AvgIpc) is 3.04. The van der Waals surface area contributed by atoms with Gasteiger partial charge in [0.1, 0.15) is 12.4 Å². The molecule has 110 valence electrons. The Morgan fingerprint density at radius 1 is 1.14 bits per heavy atom. The first-order chi connectivity index (χ1) is 10.8. The van der Waals surface area contributed by atoms with Crippen molar-refractivity contribution < 1.29 is 9.53 Å². The van der Waals surface area contributed by atoms with Crippen LogP contribution in [-0.4, -0.2) is 10.9 Å². The van der Waals surface area contributed by atoms with E-state index in [2.05, 4.69) is 10.3 Å². The van der Waals surface area contributed by atoms with Crippen LogP contribution in [0.4, 0.5) is 5.69 Å². The molecule has 0 bridgehead atoms. The number of rotatable bonds is 5. The molecule has 4 nitrogen and oxygen atoms in total. The van der Waals surface area contributed by atoms with Gasteiger partial charge in [-0.25, -0.2) is 0 Å². The van der Waals surface area contributed by atoms with Gasteiger partial charge in [-0.05, 0) is 35.7 Å². The lowest BCUT2D eigenvalue weighted by molar-refractivity contribution is 0.103. The van der Waals surface area contributed by atoms with Gasteiger partial charge >= 0.3 is 0 Å². The van der Waals surface area contributed by atoms with E-state index in [1.165, 1.54) is 11.3 Å². The Hall–Kier alpha value is -2.66. The third kappa shape index (κ3) is 3.71. The molecule has 0 aliphatic rings.